The van der Waals surface area contributed by atoms with Crippen molar-refractivity contribution in [1.82, 2.24) is 9.78 Å². The maximum Gasteiger partial charge on any atom is 0.225 e. The number of fused-ring (bicyclic) bond motifs is 1. The van der Waals surface area contributed by atoms with Crippen LogP contribution in [0.5, 0.6) is 5.75 Å². The quantitative estimate of drug-likeness (QED) is 0.477. The molecule has 0 atom stereocenters. The first-order valence-electron chi connectivity index (χ1n) is 10.1. The molecule has 1 heterocycles. The lowest BCUT2D eigenvalue weighted by atomic mass is 10.0. The Bertz CT molecular complexity index is 1160. The van der Waals surface area contributed by atoms with E-state index in [1.54, 1.807) is 7.11 Å². The molecule has 5 heteroatoms. The van der Waals surface area contributed by atoms with Gasteiger partial charge in [0.25, 0.3) is 0 Å². The van der Waals surface area contributed by atoms with Crippen LogP contribution in [0.15, 0.2) is 72.8 Å². The van der Waals surface area contributed by atoms with E-state index < -0.39 is 0 Å². The van der Waals surface area contributed by atoms with Gasteiger partial charge in [0, 0.05) is 12.5 Å². The Morgan fingerprint density at radius 3 is 2.60 bits per heavy atom. The summed E-state index contributed by atoms with van der Waals surface area (Å²) in [6.45, 7) is 2.54. The Labute approximate surface area is 176 Å². The second kappa shape index (κ2) is 8.82. The van der Waals surface area contributed by atoms with E-state index in [0.717, 1.165) is 22.8 Å². The molecule has 0 saturated heterocycles. The van der Waals surface area contributed by atoms with Gasteiger partial charge in [-0.2, -0.15) is 5.10 Å². The molecule has 0 aliphatic rings. The third-order valence-corrected chi connectivity index (χ3v) is 5.17. The van der Waals surface area contributed by atoms with Gasteiger partial charge in [-0.05, 0) is 47.4 Å². The van der Waals surface area contributed by atoms with E-state index in [-0.39, 0.29) is 5.91 Å². The first kappa shape index (κ1) is 19.7. The van der Waals surface area contributed by atoms with Gasteiger partial charge >= 0.3 is 0 Å². The number of aryl methyl sites for hydroxylation is 2. The van der Waals surface area contributed by atoms with Crippen LogP contribution in [0, 0.1) is 6.92 Å². The summed E-state index contributed by atoms with van der Waals surface area (Å²) in [5, 5.41) is 10.0. The van der Waals surface area contributed by atoms with Gasteiger partial charge in [0.1, 0.15) is 11.6 Å². The fourth-order valence-electron chi connectivity index (χ4n) is 3.61. The van der Waals surface area contributed by atoms with Gasteiger partial charge in [0.2, 0.25) is 5.91 Å². The summed E-state index contributed by atoms with van der Waals surface area (Å²) >= 11 is 0. The molecule has 3 aromatic carbocycles. The highest BCUT2D eigenvalue weighted by atomic mass is 16.5. The SMILES string of the molecule is COc1ccc(CCC(=O)Nc2cc(C)nn2Cc2cccc3ccccc23)cc1. The van der Waals surface area contributed by atoms with Crippen LogP contribution in [-0.2, 0) is 17.8 Å². The molecule has 4 aromatic rings. The number of hydrogen-bond acceptors (Lipinski definition) is 3. The van der Waals surface area contributed by atoms with Crippen molar-refractivity contribution in [3.8, 4) is 5.75 Å². The number of methoxy groups -OCH3 is 1. The Kier molecular flexibility index (Phi) is 5.80. The molecule has 0 unspecified atom stereocenters. The Morgan fingerprint density at radius 1 is 1.03 bits per heavy atom. The van der Waals surface area contributed by atoms with Crippen LogP contribution < -0.4 is 10.1 Å². The van der Waals surface area contributed by atoms with Crippen molar-refractivity contribution in [2.24, 2.45) is 0 Å². The normalized spacial score (nSPS) is 10.9. The summed E-state index contributed by atoms with van der Waals surface area (Å²) in [5.74, 6) is 1.51. The zero-order valence-electron chi connectivity index (χ0n) is 17.3. The summed E-state index contributed by atoms with van der Waals surface area (Å²) < 4.78 is 7.04. The standard InChI is InChI=1S/C25H25N3O2/c1-18-16-24(26-25(29)15-12-19-10-13-22(30-2)14-11-19)28(27-18)17-21-8-5-7-20-6-3-4-9-23(20)21/h3-11,13-14,16H,12,15,17H2,1-2H3,(H,26,29). The van der Waals surface area contributed by atoms with Crippen molar-refractivity contribution >= 4 is 22.5 Å². The number of rotatable bonds is 7. The van der Waals surface area contributed by atoms with Gasteiger partial charge < -0.3 is 10.1 Å². The van der Waals surface area contributed by atoms with E-state index >= 15 is 0 Å². The van der Waals surface area contributed by atoms with Crippen molar-refractivity contribution in [1.29, 1.82) is 0 Å². The van der Waals surface area contributed by atoms with Crippen LogP contribution in [-0.4, -0.2) is 22.8 Å². The molecule has 0 aliphatic carbocycles. The fraction of sp³-hybridized carbons (Fsp3) is 0.200. The molecule has 0 bridgehead atoms. The van der Waals surface area contributed by atoms with Gasteiger partial charge in [-0.3, -0.25) is 4.79 Å². The summed E-state index contributed by atoms with van der Waals surface area (Å²) in [4.78, 5) is 12.6. The van der Waals surface area contributed by atoms with Crippen molar-refractivity contribution in [3.63, 3.8) is 0 Å². The van der Waals surface area contributed by atoms with Crippen LogP contribution in [0.1, 0.15) is 23.2 Å². The number of ether oxygens (including phenoxy) is 1. The van der Waals surface area contributed by atoms with Gasteiger partial charge in [-0.15, -0.1) is 0 Å². The number of amides is 1. The predicted molar refractivity (Wildman–Crippen MR) is 120 cm³/mol. The second-order valence-electron chi connectivity index (χ2n) is 7.36. The smallest absolute Gasteiger partial charge is 0.225 e. The monoisotopic (exact) mass is 399 g/mol. The van der Waals surface area contributed by atoms with Gasteiger partial charge in [0.15, 0.2) is 0 Å². The van der Waals surface area contributed by atoms with Crippen molar-refractivity contribution in [3.05, 3.63) is 89.6 Å². The van der Waals surface area contributed by atoms with Crippen molar-refractivity contribution < 1.29 is 9.53 Å². The minimum absolute atomic E-state index is 0.0233. The number of aromatic nitrogens is 2. The molecule has 1 amide bonds. The summed E-state index contributed by atoms with van der Waals surface area (Å²) in [6.07, 6.45) is 1.08. The molecule has 30 heavy (non-hydrogen) atoms. The topological polar surface area (TPSA) is 56.1 Å². The van der Waals surface area contributed by atoms with Gasteiger partial charge in [-0.1, -0.05) is 54.6 Å². The van der Waals surface area contributed by atoms with Crippen molar-refractivity contribution in [2.45, 2.75) is 26.3 Å². The second-order valence-corrected chi connectivity index (χ2v) is 7.36. The fourth-order valence-corrected chi connectivity index (χ4v) is 3.61. The number of hydrogen-bond donors (Lipinski definition) is 1. The highest BCUT2D eigenvalue weighted by Gasteiger charge is 2.11. The number of nitrogens with one attached hydrogen (secondary N) is 1. The van der Waals surface area contributed by atoms with E-state index in [2.05, 4.69) is 40.7 Å². The molecular formula is C25H25N3O2. The number of nitrogens with zero attached hydrogens (tertiary/aromatic N) is 2. The molecular weight excluding hydrogens is 374 g/mol. The lowest BCUT2D eigenvalue weighted by Gasteiger charge is -2.11. The lowest BCUT2D eigenvalue weighted by Crippen LogP contribution is -2.16. The lowest BCUT2D eigenvalue weighted by molar-refractivity contribution is -0.116. The third kappa shape index (κ3) is 4.51. The van der Waals surface area contributed by atoms with Crippen LogP contribution >= 0.6 is 0 Å². The maximum absolute atomic E-state index is 12.6. The van der Waals surface area contributed by atoms with Crippen LogP contribution in [0.2, 0.25) is 0 Å². The summed E-state index contributed by atoms with van der Waals surface area (Å²) in [6, 6.07) is 24.3. The minimum atomic E-state index is -0.0233. The molecule has 5 nitrogen and oxygen atoms in total. The molecule has 152 valence electrons. The highest BCUT2D eigenvalue weighted by Crippen LogP contribution is 2.21. The molecule has 0 spiro atoms. The first-order chi connectivity index (χ1) is 14.6. The molecule has 1 aromatic heterocycles. The predicted octanol–water partition coefficient (Wildman–Crippen LogP) is 4.97. The summed E-state index contributed by atoms with van der Waals surface area (Å²) in [5.41, 5.74) is 3.15. The molecule has 0 fully saturated rings. The number of carbonyl (C=O) groups is 1. The average Bonchev–Trinajstić information content (AvgIpc) is 3.11. The Balaban J connectivity index is 1.45. The Morgan fingerprint density at radius 2 is 1.80 bits per heavy atom. The minimum Gasteiger partial charge on any atom is -0.497 e. The molecule has 0 radical (unpaired) electrons. The summed E-state index contributed by atoms with van der Waals surface area (Å²) in [7, 11) is 1.64. The van der Waals surface area contributed by atoms with E-state index in [1.165, 1.54) is 16.3 Å². The zero-order valence-corrected chi connectivity index (χ0v) is 17.3. The van der Waals surface area contributed by atoms with E-state index in [1.807, 2.05) is 54.1 Å². The van der Waals surface area contributed by atoms with E-state index in [0.29, 0.717) is 19.4 Å². The van der Waals surface area contributed by atoms with E-state index in [4.69, 9.17) is 4.74 Å². The first-order valence-corrected chi connectivity index (χ1v) is 10.1. The van der Waals surface area contributed by atoms with Gasteiger partial charge in [0.05, 0.1) is 19.3 Å². The van der Waals surface area contributed by atoms with E-state index in [9.17, 15) is 4.79 Å². The highest BCUT2D eigenvalue weighted by molar-refractivity contribution is 5.90. The number of benzene rings is 3. The Hall–Kier alpha value is -3.60. The maximum atomic E-state index is 12.6. The average molecular weight is 399 g/mol. The van der Waals surface area contributed by atoms with Crippen LogP contribution in [0.25, 0.3) is 10.8 Å². The third-order valence-electron chi connectivity index (χ3n) is 5.17. The number of carbonyl (C=O) groups excluding carboxylic acids is 1. The molecule has 4 rings (SSSR count). The van der Waals surface area contributed by atoms with Gasteiger partial charge in [-0.25, -0.2) is 4.68 Å². The zero-order chi connectivity index (χ0) is 20.9. The molecule has 0 saturated carbocycles. The number of anilines is 1. The van der Waals surface area contributed by atoms with Crippen LogP contribution in [0.3, 0.4) is 0 Å². The molecule has 0 aliphatic heterocycles. The van der Waals surface area contributed by atoms with Crippen molar-refractivity contribution in [2.75, 3.05) is 12.4 Å². The van der Waals surface area contributed by atoms with Crippen LogP contribution in [0.4, 0.5) is 5.82 Å². The largest absolute Gasteiger partial charge is 0.497 e. The molecule has 1 N–H and O–H groups in total.